The first-order chi connectivity index (χ1) is 6.15. The zero-order valence-electron chi connectivity index (χ0n) is 8.47. The molecule has 1 nitrogen and oxygen atoms in total. The van der Waals surface area contributed by atoms with Gasteiger partial charge in [-0.2, -0.15) is 0 Å². The van der Waals surface area contributed by atoms with Gasteiger partial charge in [-0.25, -0.2) is 0 Å². The van der Waals surface area contributed by atoms with E-state index >= 15 is 0 Å². The van der Waals surface area contributed by atoms with Gasteiger partial charge in [0.1, 0.15) is 0 Å². The molecule has 0 bridgehead atoms. The van der Waals surface area contributed by atoms with Gasteiger partial charge in [-0.3, -0.25) is 4.98 Å². The molecule has 1 atom stereocenters. The van der Waals surface area contributed by atoms with E-state index in [4.69, 9.17) is 11.6 Å². The van der Waals surface area contributed by atoms with Crippen LogP contribution in [0.2, 0.25) is 0 Å². The molecule has 2 heteroatoms. The van der Waals surface area contributed by atoms with Crippen molar-refractivity contribution in [2.75, 3.05) is 0 Å². The Balaban J connectivity index is 2.84. The fraction of sp³-hybridized carbons (Fsp3) is 0.545. The molecule has 1 heterocycles. The summed E-state index contributed by atoms with van der Waals surface area (Å²) in [6.45, 7) is 6.23. The Hall–Kier alpha value is -0.560. The highest BCUT2D eigenvalue weighted by Gasteiger charge is 2.07. The maximum Gasteiger partial charge on any atom is 0.0600 e. The van der Waals surface area contributed by atoms with E-state index in [1.165, 1.54) is 5.56 Å². The molecule has 0 aliphatic rings. The highest BCUT2D eigenvalue weighted by atomic mass is 35.5. The van der Waals surface area contributed by atoms with E-state index in [9.17, 15) is 0 Å². The second kappa shape index (κ2) is 4.61. The molecule has 0 fully saturated rings. The van der Waals surface area contributed by atoms with E-state index in [1.807, 2.05) is 13.1 Å². The van der Waals surface area contributed by atoms with Gasteiger partial charge in [0.25, 0.3) is 0 Å². The number of rotatable bonds is 3. The van der Waals surface area contributed by atoms with Crippen molar-refractivity contribution in [1.29, 1.82) is 0 Å². The van der Waals surface area contributed by atoms with Crippen LogP contribution in [0.5, 0.6) is 0 Å². The summed E-state index contributed by atoms with van der Waals surface area (Å²) in [5.74, 6) is 0. The van der Waals surface area contributed by atoms with Gasteiger partial charge in [0.2, 0.25) is 0 Å². The summed E-state index contributed by atoms with van der Waals surface area (Å²) in [5.41, 5.74) is 3.45. The predicted molar refractivity (Wildman–Crippen MR) is 57.2 cm³/mol. The molecule has 1 rings (SSSR count). The molecule has 0 aliphatic carbocycles. The first kappa shape index (κ1) is 10.5. The minimum Gasteiger partial charge on any atom is -0.261 e. The molecule has 72 valence electrons. The maximum absolute atomic E-state index is 6.19. The van der Waals surface area contributed by atoms with Crippen LogP contribution in [0.4, 0.5) is 0 Å². The van der Waals surface area contributed by atoms with E-state index in [0.717, 1.165) is 24.1 Å². The normalized spacial score (nSPS) is 12.9. The van der Waals surface area contributed by atoms with Crippen LogP contribution in [0.25, 0.3) is 0 Å². The largest absolute Gasteiger partial charge is 0.261 e. The van der Waals surface area contributed by atoms with Crippen LogP contribution < -0.4 is 0 Å². The lowest BCUT2D eigenvalue weighted by Crippen LogP contribution is -1.94. The summed E-state index contributed by atoms with van der Waals surface area (Å²) >= 11 is 6.19. The quantitative estimate of drug-likeness (QED) is 0.673. The van der Waals surface area contributed by atoms with Crippen LogP contribution in [0.15, 0.2) is 12.3 Å². The molecular weight excluding hydrogens is 182 g/mol. The van der Waals surface area contributed by atoms with Crippen LogP contribution in [-0.4, -0.2) is 4.98 Å². The topological polar surface area (TPSA) is 12.9 Å². The summed E-state index contributed by atoms with van der Waals surface area (Å²) in [6, 6.07) is 2.13. The standard InChI is InChI=1S/C11H16ClN/c1-4-5-11(12)10-6-8(2)9(3)13-7-10/h6-7,11H,4-5H2,1-3H3. The number of alkyl halides is 1. The van der Waals surface area contributed by atoms with Gasteiger partial charge in [0.05, 0.1) is 5.38 Å². The van der Waals surface area contributed by atoms with Crippen molar-refractivity contribution in [2.45, 2.75) is 39.0 Å². The number of aromatic nitrogens is 1. The van der Waals surface area contributed by atoms with Gasteiger partial charge in [-0.1, -0.05) is 19.4 Å². The second-order valence-corrected chi connectivity index (χ2v) is 3.95. The van der Waals surface area contributed by atoms with E-state index in [1.54, 1.807) is 0 Å². The highest BCUT2D eigenvalue weighted by Crippen LogP contribution is 2.25. The third-order valence-corrected chi connectivity index (χ3v) is 2.74. The lowest BCUT2D eigenvalue weighted by atomic mass is 10.1. The Morgan fingerprint density at radius 2 is 2.15 bits per heavy atom. The lowest BCUT2D eigenvalue weighted by Gasteiger charge is -2.09. The number of hydrogen-bond donors (Lipinski definition) is 0. The smallest absolute Gasteiger partial charge is 0.0600 e. The van der Waals surface area contributed by atoms with Gasteiger partial charge in [0, 0.05) is 11.9 Å². The first-order valence-electron chi connectivity index (χ1n) is 4.72. The molecular formula is C11H16ClN. The molecule has 0 spiro atoms. The number of halogens is 1. The summed E-state index contributed by atoms with van der Waals surface area (Å²) in [6.07, 6.45) is 4.02. The summed E-state index contributed by atoms with van der Waals surface area (Å²) in [5, 5.41) is 0.122. The Labute approximate surface area is 85.1 Å². The molecule has 0 amide bonds. The Morgan fingerprint density at radius 1 is 1.46 bits per heavy atom. The summed E-state index contributed by atoms with van der Waals surface area (Å²) < 4.78 is 0. The average Bonchev–Trinajstić information content (AvgIpc) is 2.10. The molecule has 13 heavy (non-hydrogen) atoms. The maximum atomic E-state index is 6.19. The van der Waals surface area contributed by atoms with Gasteiger partial charge in [0.15, 0.2) is 0 Å². The Morgan fingerprint density at radius 3 is 2.69 bits per heavy atom. The van der Waals surface area contributed by atoms with Gasteiger partial charge < -0.3 is 0 Å². The van der Waals surface area contributed by atoms with Crippen molar-refractivity contribution in [3.63, 3.8) is 0 Å². The molecule has 0 radical (unpaired) electrons. The van der Waals surface area contributed by atoms with Crippen LogP contribution in [0.1, 0.15) is 42.0 Å². The van der Waals surface area contributed by atoms with E-state index in [-0.39, 0.29) is 5.38 Å². The van der Waals surface area contributed by atoms with Crippen molar-refractivity contribution in [2.24, 2.45) is 0 Å². The minimum atomic E-state index is 0.122. The highest BCUT2D eigenvalue weighted by molar-refractivity contribution is 6.20. The molecule has 1 unspecified atom stereocenters. The molecule has 1 aromatic rings. The first-order valence-corrected chi connectivity index (χ1v) is 5.16. The van der Waals surface area contributed by atoms with Crippen LogP contribution in [0.3, 0.4) is 0 Å². The molecule has 0 N–H and O–H groups in total. The second-order valence-electron chi connectivity index (χ2n) is 3.43. The summed E-state index contributed by atoms with van der Waals surface area (Å²) in [4.78, 5) is 4.30. The third kappa shape index (κ3) is 2.70. The van der Waals surface area contributed by atoms with Crippen molar-refractivity contribution in [3.8, 4) is 0 Å². The van der Waals surface area contributed by atoms with E-state index < -0.39 is 0 Å². The van der Waals surface area contributed by atoms with Crippen LogP contribution >= 0.6 is 11.6 Å². The Kier molecular flexibility index (Phi) is 3.73. The molecule has 1 aromatic heterocycles. The molecule has 0 aliphatic heterocycles. The monoisotopic (exact) mass is 197 g/mol. The lowest BCUT2D eigenvalue weighted by molar-refractivity contribution is 0.765. The fourth-order valence-electron chi connectivity index (χ4n) is 1.26. The SMILES string of the molecule is CCCC(Cl)c1cnc(C)c(C)c1. The van der Waals surface area contributed by atoms with Crippen LogP contribution in [0, 0.1) is 13.8 Å². The average molecular weight is 198 g/mol. The van der Waals surface area contributed by atoms with Crippen molar-refractivity contribution in [3.05, 3.63) is 29.1 Å². The number of hydrogen-bond acceptors (Lipinski definition) is 1. The number of aryl methyl sites for hydroxylation is 2. The van der Waals surface area contributed by atoms with E-state index in [2.05, 4.69) is 24.9 Å². The van der Waals surface area contributed by atoms with Crippen molar-refractivity contribution in [1.82, 2.24) is 4.98 Å². The van der Waals surface area contributed by atoms with Gasteiger partial charge >= 0.3 is 0 Å². The predicted octanol–water partition coefficient (Wildman–Crippen LogP) is 3.78. The number of pyridine rings is 1. The summed E-state index contributed by atoms with van der Waals surface area (Å²) in [7, 11) is 0. The number of nitrogens with zero attached hydrogens (tertiary/aromatic N) is 1. The zero-order chi connectivity index (χ0) is 9.84. The molecule has 0 aromatic carbocycles. The molecule has 0 saturated carbocycles. The molecule has 0 saturated heterocycles. The van der Waals surface area contributed by atoms with E-state index in [0.29, 0.717) is 0 Å². The third-order valence-electron chi connectivity index (χ3n) is 2.26. The fourth-order valence-corrected chi connectivity index (χ4v) is 1.59. The van der Waals surface area contributed by atoms with Gasteiger partial charge in [-0.05, 0) is 31.4 Å². The van der Waals surface area contributed by atoms with Crippen LogP contribution in [-0.2, 0) is 0 Å². The van der Waals surface area contributed by atoms with Crippen molar-refractivity contribution < 1.29 is 0 Å². The Bertz CT molecular complexity index is 283. The van der Waals surface area contributed by atoms with Gasteiger partial charge in [-0.15, -0.1) is 11.6 Å². The minimum absolute atomic E-state index is 0.122. The van der Waals surface area contributed by atoms with Crippen molar-refractivity contribution >= 4 is 11.6 Å². The zero-order valence-corrected chi connectivity index (χ0v) is 9.23.